The molecule has 0 aliphatic carbocycles. The van der Waals surface area contributed by atoms with Crippen molar-refractivity contribution in [2.75, 3.05) is 11.9 Å². The lowest BCUT2D eigenvalue weighted by molar-refractivity contribution is 0.277. The third-order valence-electron chi connectivity index (χ3n) is 2.86. The Labute approximate surface area is 119 Å². The van der Waals surface area contributed by atoms with E-state index in [9.17, 15) is 0 Å². The van der Waals surface area contributed by atoms with Crippen LogP contribution in [0.4, 0.5) is 5.69 Å². The minimum Gasteiger partial charge on any atom is -0.487 e. The second kappa shape index (κ2) is 7.50. The Bertz CT molecular complexity index is 544. The van der Waals surface area contributed by atoms with E-state index in [2.05, 4.69) is 17.2 Å². The molecule has 0 spiro atoms. The summed E-state index contributed by atoms with van der Waals surface area (Å²) < 4.78 is 5.69. The maximum Gasteiger partial charge on any atom is 0.130 e. The lowest BCUT2D eigenvalue weighted by Gasteiger charge is -2.09. The van der Waals surface area contributed by atoms with Crippen LogP contribution >= 0.6 is 0 Å². The van der Waals surface area contributed by atoms with E-state index in [4.69, 9.17) is 9.84 Å². The van der Waals surface area contributed by atoms with Crippen LogP contribution in [0.5, 0.6) is 5.75 Å². The van der Waals surface area contributed by atoms with E-state index >= 15 is 0 Å². The Morgan fingerprint density at radius 1 is 1.25 bits per heavy atom. The molecule has 1 aromatic carbocycles. The van der Waals surface area contributed by atoms with Gasteiger partial charge in [-0.1, -0.05) is 19.1 Å². The fourth-order valence-corrected chi connectivity index (χ4v) is 1.83. The number of nitrogens with one attached hydrogen (secondary N) is 1. The van der Waals surface area contributed by atoms with Gasteiger partial charge in [-0.3, -0.25) is 4.98 Å². The predicted molar refractivity (Wildman–Crippen MR) is 79.7 cm³/mol. The van der Waals surface area contributed by atoms with Crippen LogP contribution < -0.4 is 10.1 Å². The summed E-state index contributed by atoms with van der Waals surface area (Å²) in [6.45, 7) is 3.51. The van der Waals surface area contributed by atoms with Crippen molar-refractivity contribution in [3.8, 4) is 5.75 Å². The van der Waals surface area contributed by atoms with Crippen molar-refractivity contribution in [1.29, 1.82) is 0 Å². The van der Waals surface area contributed by atoms with E-state index in [0.717, 1.165) is 35.7 Å². The number of pyridine rings is 1. The molecule has 0 saturated carbocycles. The number of aromatic nitrogens is 1. The van der Waals surface area contributed by atoms with Crippen molar-refractivity contribution in [3.05, 3.63) is 53.9 Å². The van der Waals surface area contributed by atoms with Gasteiger partial charge >= 0.3 is 0 Å². The van der Waals surface area contributed by atoms with Gasteiger partial charge in [0.1, 0.15) is 12.4 Å². The first-order chi connectivity index (χ1) is 9.81. The van der Waals surface area contributed by atoms with E-state index in [1.54, 1.807) is 6.20 Å². The fourth-order valence-electron chi connectivity index (χ4n) is 1.83. The van der Waals surface area contributed by atoms with Crippen molar-refractivity contribution in [1.82, 2.24) is 4.98 Å². The molecule has 106 valence electrons. The SMILES string of the molecule is CCCNc1ccnc(COc2cccc(CO)c2)c1. The first-order valence-electron chi connectivity index (χ1n) is 6.83. The van der Waals surface area contributed by atoms with Crippen LogP contribution in [0.3, 0.4) is 0 Å². The van der Waals surface area contributed by atoms with Gasteiger partial charge in [0.2, 0.25) is 0 Å². The van der Waals surface area contributed by atoms with Gasteiger partial charge in [-0.05, 0) is 36.2 Å². The van der Waals surface area contributed by atoms with Gasteiger partial charge in [0.05, 0.1) is 12.3 Å². The Kier molecular flexibility index (Phi) is 5.38. The maximum absolute atomic E-state index is 9.09. The van der Waals surface area contributed by atoms with Crippen LogP contribution in [-0.4, -0.2) is 16.6 Å². The molecule has 4 nitrogen and oxygen atoms in total. The molecule has 4 heteroatoms. The van der Waals surface area contributed by atoms with Crippen molar-refractivity contribution in [2.45, 2.75) is 26.6 Å². The fraction of sp³-hybridized carbons (Fsp3) is 0.312. The summed E-state index contributed by atoms with van der Waals surface area (Å²) in [7, 11) is 0. The van der Waals surface area contributed by atoms with E-state index in [1.807, 2.05) is 36.4 Å². The summed E-state index contributed by atoms with van der Waals surface area (Å²) in [6.07, 6.45) is 2.86. The largest absolute Gasteiger partial charge is 0.487 e. The lowest BCUT2D eigenvalue weighted by Crippen LogP contribution is -2.03. The zero-order chi connectivity index (χ0) is 14.2. The van der Waals surface area contributed by atoms with Crippen LogP contribution in [0.2, 0.25) is 0 Å². The van der Waals surface area contributed by atoms with E-state index in [-0.39, 0.29) is 6.61 Å². The summed E-state index contributed by atoms with van der Waals surface area (Å²) in [5.74, 6) is 0.741. The average molecular weight is 272 g/mol. The monoisotopic (exact) mass is 272 g/mol. The quantitative estimate of drug-likeness (QED) is 0.813. The topological polar surface area (TPSA) is 54.4 Å². The Morgan fingerprint density at radius 2 is 2.15 bits per heavy atom. The van der Waals surface area contributed by atoms with Crippen molar-refractivity contribution < 1.29 is 9.84 Å². The molecular weight excluding hydrogens is 252 g/mol. The number of anilines is 1. The predicted octanol–water partition coefficient (Wildman–Crippen LogP) is 2.97. The van der Waals surface area contributed by atoms with Crippen LogP contribution in [0.25, 0.3) is 0 Å². The normalized spacial score (nSPS) is 10.3. The number of rotatable bonds is 7. The highest BCUT2D eigenvalue weighted by atomic mass is 16.5. The van der Waals surface area contributed by atoms with Crippen molar-refractivity contribution >= 4 is 5.69 Å². The first kappa shape index (κ1) is 14.3. The van der Waals surface area contributed by atoms with Gasteiger partial charge in [-0.15, -0.1) is 0 Å². The van der Waals surface area contributed by atoms with E-state index in [1.165, 1.54) is 0 Å². The molecule has 0 fully saturated rings. The number of ether oxygens (including phenoxy) is 1. The molecule has 0 bridgehead atoms. The zero-order valence-corrected chi connectivity index (χ0v) is 11.7. The average Bonchev–Trinajstić information content (AvgIpc) is 2.51. The summed E-state index contributed by atoms with van der Waals surface area (Å²) in [4.78, 5) is 4.29. The summed E-state index contributed by atoms with van der Waals surface area (Å²) in [5.41, 5.74) is 2.78. The number of aliphatic hydroxyl groups is 1. The van der Waals surface area contributed by atoms with Gasteiger partial charge in [-0.2, -0.15) is 0 Å². The molecule has 1 heterocycles. The molecule has 0 atom stereocenters. The maximum atomic E-state index is 9.09. The number of benzene rings is 1. The van der Waals surface area contributed by atoms with Gasteiger partial charge in [0, 0.05) is 18.4 Å². The van der Waals surface area contributed by atoms with Crippen LogP contribution in [0.15, 0.2) is 42.6 Å². The number of hydrogen-bond acceptors (Lipinski definition) is 4. The number of hydrogen-bond donors (Lipinski definition) is 2. The van der Waals surface area contributed by atoms with E-state index < -0.39 is 0 Å². The zero-order valence-electron chi connectivity index (χ0n) is 11.7. The highest BCUT2D eigenvalue weighted by Crippen LogP contribution is 2.15. The molecule has 2 aromatic rings. The summed E-state index contributed by atoms with van der Waals surface area (Å²) >= 11 is 0. The number of aliphatic hydroxyl groups excluding tert-OH is 1. The second-order valence-corrected chi connectivity index (χ2v) is 4.56. The standard InChI is InChI=1S/C16H20N2O2/c1-2-7-17-14-6-8-18-15(10-14)12-20-16-5-3-4-13(9-16)11-19/h3-6,8-10,19H,2,7,11-12H2,1H3,(H,17,18). The van der Waals surface area contributed by atoms with Gasteiger partial charge in [0.25, 0.3) is 0 Å². The van der Waals surface area contributed by atoms with Gasteiger partial charge in [-0.25, -0.2) is 0 Å². The molecule has 0 aliphatic rings. The molecule has 20 heavy (non-hydrogen) atoms. The third-order valence-corrected chi connectivity index (χ3v) is 2.86. The smallest absolute Gasteiger partial charge is 0.130 e. The minimum absolute atomic E-state index is 0.0197. The molecule has 0 unspecified atom stereocenters. The minimum atomic E-state index is 0.0197. The number of nitrogens with zero attached hydrogens (tertiary/aromatic N) is 1. The summed E-state index contributed by atoms with van der Waals surface area (Å²) in [6, 6.07) is 11.4. The lowest BCUT2D eigenvalue weighted by atomic mass is 10.2. The highest BCUT2D eigenvalue weighted by Gasteiger charge is 2.00. The highest BCUT2D eigenvalue weighted by molar-refractivity contribution is 5.43. The molecule has 2 rings (SSSR count). The molecule has 0 saturated heterocycles. The third kappa shape index (κ3) is 4.24. The molecule has 0 radical (unpaired) electrons. The van der Waals surface area contributed by atoms with Crippen molar-refractivity contribution in [2.24, 2.45) is 0 Å². The van der Waals surface area contributed by atoms with Gasteiger partial charge < -0.3 is 15.2 Å². The van der Waals surface area contributed by atoms with E-state index in [0.29, 0.717) is 6.61 Å². The molecule has 1 aromatic heterocycles. The van der Waals surface area contributed by atoms with Crippen molar-refractivity contribution in [3.63, 3.8) is 0 Å². The Morgan fingerprint density at radius 3 is 2.95 bits per heavy atom. The molecule has 0 aliphatic heterocycles. The van der Waals surface area contributed by atoms with Crippen LogP contribution in [0.1, 0.15) is 24.6 Å². The summed E-state index contributed by atoms with van der Waals surface area (Å²) in [5, 5.41) is 12.4. The Balaban J connectivity index is 1.95. The van der Waals surface area contributed by atoms with Crippen LogP contribution in [0, 0.1) is 0 Å². The van der Waals surface area contributed by atoms with Crippen LogP contribution in [-0.2, 0) is 13.2 Å². The first-order valence-corrected chi connectivity index (χ1v) is 6.83. The molecule has 0 amide bonds. The van der Waals surface area contributed by atoms with Gasteiger partial charge in [0.15, 0.2) is 0 Å². The molecular formula is C16H20N2O2. The molecule has 2 N–H and O–H groups in total. The second-order valence-electron chi connectivity index (χ2n) is 4.56. The Hall–Kier alpha value is -2.07.